The van der Waals surface area contributed by atoms with Gasteiger partial charge in [0.2, 0.25) is 0 Å². The van der Waals surface area contributed by atoms with Crippen LogP contribution in [0, 0.1) is 5.41 Å². The minimum atomic E-state index is -5.08. The molecule has 0 atom stereocenters. The first kappa shape index (κ1) is 43.2. The van der Waals surface area contributed by atoms with E-state index in [2.05, 4.69) is 15.4 Å². The lowest BCUT2D eigenvalue weighted by Gasteiger charge is -2.04. The summed E-state index contributed by atoms with van der Waals surface area (Å²) in [6, 6.07) is 20.6. The minimum absolute atomic E-state index is 0.0675. The van der Waals surface area contributed by atoms with Crippen LogP contribution in [0.4, 0.5) is 13.2 Å². The van der Waals surface area contributed by atoms with Crippen molar-refractivity contribution in [2.24, 2.45) is 5.73 Å². The van der Waals surface area contributed by atoms with Gasteiger partial charge in [-0.1, -0.05) is 60.7 Å². The molecule has 0 saturated carbocycles. The number of nitrogens with two attached hydrogens (primary N) is 1. The molecule has 52 heavy (non-hydrogen) atoms. The number of thiophene rings is 2. The number of nitrogens with one attached hydrogen (secondary N) is 3. The zero-order valence-electron chi connectivity index (χ0n) is 27.5. The summed E-state index contributed by atoms with van der Waals surface area (Å²) < 4.78 is 37.9. The second kappa shape index (κ2) is 20.8. The van der Waals surface area contributed by atoms with Crippen LogP contribution in [0.2, 0.25) is 0 Å². The van der Waals surface area contributed by atoms with E-state index in [-0.39, 0.29) is 42.3 Å². The largest absolute Gasteiger partial charge is 0.490 e. The van der Waals surface area contributed by atoms with Crippen LogP contribution in [0.25, 0.3) is 0 Å². The number of amidine groups is 1. The fourth-order valence-corrected chi connectivity index (χ4v) is 7.17. The molecule has 4 rings (SSSR count). The summed E-state index contributed by atoms with van der Waals surface area (Å²) >= 11 is 5.27. The molecule has 6 N–H and O–H groups in total. The number of benzene rings is 2. The van der Waals surface area contributed by atoms with Crippen molar-refractivity contribution in [3.05, 3.63) is 105 Å². The van der Waals surface area contributed by atoms with Gasteiger partial charge in [-0.2, -0.15) is 13.2 Å². The number of hydrogen-bond acceptors (Lipinski definition) is 12. The molecule has 0 radical (unpaired) electrons. The minimum Gasteiger partial charge on any atom is -0.475 e. The second-order valence-electron chi connectivity index (χ2n) is 9.68. The van der Waals surface area contributed by atoms with Gasteiger partial charge in [0.15, 0.2) is 11.6 Å². The fourth-order valence-electron chi connectivity index (χ4n) is 3.67. The predicted octanol–water partition coefficient (Wildman–Crippen LogP) is 5.87. The number of carboxylic acid groups (broad SMARTS) is 1. The molecule has 276 valence electrons. The highest BCUT2D eigenvalue weighted by Crippen LogP contribution is 2.32. The van der Waals surface area contributed by atoms with Crippen molar-refractivity contribution in [3.8, 4) is 0 Å². The Bertz CT molecular complexity index is 1900. The van der Waals surface area contributed by atoms with E-state index in [0.29, 0.717) is 36.2 Å². The number of esters is 1. The van der Waals surface area contributed by atoms with E-state index in [4.69, 9.17) is 21.0 Å². The topological polar surface area (TPSA) is 206 Å². The van der Waals surface area contributed by atoms with Crippen LogP contribution in [0.3, 0.4) is 0 Å². The Morgan fingerprint density at radius 1 is 0.769 bits per heavy atom. The molecule has 19 heteroatoms. The Kier molecular flexibility index (Phi) is 17.2. The molecule has 0 unspecified atom stereocenters. The van der Waals surface area contributed by atoms with E-state index in [1.807, 2.05) is 24.6 Å². The number of methoxy groups -OCH3 is 1. The molecule has 2 aromatic heterocycles. The maximum atomic E-state index is 12.3. The average molecular weight is 797 g/mol. The molecule has 0 saturated heterocycles. The number of ether oxygens (including phenoxy) is 1. The van der Waals surface area contributed by atoms with Crippen molar-refractivity contribution in [2.45, 2.75) is 14.6 Å². The highest BCUT2D eigenvalue weighted by molar-refractivity contribution is 8.00. The third-order valence-corrected chi connectivity index (χ3v) is 10.7. The molecule has 0 fully saturated rings. The monoisotopic (exact) mass is 796 g/mol. The van der Waals surface area contributed by atoms with E-state index in [0.717, 1.165) is 4.21 Å². The van der Waals surface area contributed by atoms with Crippen LogP contribution < -0.4 is 16.4 Å². The van der Waals surface area contributed by atoms with Crippen molar-refractivity contribution >= 4 is 87.4 Å². The number of carboxylic acids is 1. The van der Waals surface area contributed by atoms with E-state index < -0.39 is 18.1 Å². The Balaban J connectivity index is 0.000000305. The van der Waals surface area contributed by atoms with Gasteiger partial charge in [0.25, 0.3) is 11.8 Å². The molecule has 2 heterocycles. The SMILES string of the molecule is COC(=O)c1cc(C(=O)NCC(=O)c2ccccc2)c(SC)s1.CSc1sc(C(=N)N)cc1C(=O)NCC(=O)c1ccccc1.O=C(O)C(F)(F)F. The molecule has 0 aliphatic heterocycles. The highest BCUT2D eigenvalue weighted by Gasteiger charge is 2.38. The summed E-state index contributed by atoms with van der Waals surface area (Å²) in [6.07, 6.45) is -1.42. The summed E-state index contributed by atoms with van der Waals surface area (Å²) in [7, 11) is 1.29. The number of amides is 2. The number of carbonyl (C=O) groups excluding carboxylic acids is 5. The van der Waals surface area contributed by atoms with Crippen LogP contribution in [-0.4, -0.2) is 85.1 Å². The fraction of sp³-hybridized carbons (Fsp3) is 0.182. The lowest BCUT2D eigenvalue weighted by molar-refractivity contribution is -0.192. The molecule has 0 aliphatic carbocycles. The summed E-state index contributed by atoms with van der Waals surface area (Å²) in [4.78, 5) is 69.8. The van der Waals surface area contributed by atoms with Gasteiger partial charge < -0.3 is 26.2 Å². The van der Waals surface area contributed by atoms with Crippen LogP contribution in [0.1, 0.15) is 56.0 Å². The molecule has 12 nitrogen and oxygen atoms in total. The second-order valence-corrected chi connectivity index (χ2v) is 13.9. The predicted molar refractivity (Wildman–Crippen MR) is 194 cm³/mol. The smallest absolute Gasteiger partial charge is 0.475 e. The molecule has 0 aliphatic rings. The molecular formula is C33H31F3N4O8S4. The van der Waals surface area contributed by atoms with E-state index in [9.17, 15) is 37.1 Å². The lowest BCUT2D eigenvalue weighted by atomic mass is 10.1. The summed E-state index contributed by atoms with van der Waals surface area (Å²) in [6.45, 7) is -0.165. The third-order valence-electron chi connectivity index (χ3n) is 6.16. The normalized spacial score (nSPS) is 10.3. The van der Waals surface area contributed by atoms with Crippen molar-refractivity contribution in [1.29, 1.82) is 5.41 Å². The number of thioether (sulfide) groups is 2. The van der Waals surface area contributed by atoms with Crippen LogP contribution in [0.5, 0.6) is 0 Å². The first-order valence-electron chi connectivity index (χ1n) is 14.3. The number of ketones is 2. The highest BCUT2D eigenvalue weighted by atomic mass is 32.2. The van der Waals surface area contributed by atoms with Crippen LogP contribution in [0.15, 0.2) is 81.2 Å². The molecular weight excluding hydrogens is 766 g/mol. The van der Waals surface area contributed by atoms with Crippen LogP contribution >= 0.6 is 46.2 Å². The van der Waals surface area contributed by atoms with Crippen molar-refractivity contribution in [3.63, 3.8) is 0 Å². The number of carbonyl (C=O) groups is 6. The summed E-state index contributed by atoms with van der Waals surface area (Å²) in [5.41, 5.74) is 7.37. The van der Waals surface area contributed by atoms with Crippen LogP contribution in [-0.2, 0) is 9.53 Å². The standard InChI is InChI=1S/C16H15NO4S2.C15H15N3O2S2.C2HF3O2/c1-21-15(20)13-8-11(16(22-2)23-13)14(19)17-9-12(18)10-6-4-3-5-7-10;1-21-15-10(7-12(22-15)13(16)17)14(20)18-8-11(19)9-5-3-2-4-6-9;3-2(4,5)1(6)7/h3-8H,9H2,1-2H3,(H,17,19);2-7H,8H2,1H3,(H3,16,17)(H,18,20);(H,6,7). The first-order valence-corrected chi connectivity index (χ1v) is 18.4. The van der Waals surface area contributed by atoms with E-state index in [1.54, 1.807) is 54.6 Å². The maximum absolute atomic E-state index is 12.3. The number of Topliss-reactive ketones (excluding diaryl/α,β-unsaturated/α-hetero) is 2. The zero-order valence-corrected chi connectivity index (χ0v) is 30.8. The van der Waals surface area contributed by atoms with Gasteiger partial charge in [-0.25, -0.2) is 9.59 Å². The van der Waals surface area contributed by atoms with E-state index >= 15 is 0 Å². The Labute approximate surface area is 311 Å². The lowest BCUT2D eigenvalue weighted by Crippen LogP contribution is -2.29. The number of alkyl halides is 3. The third kappa shape index (κ3) is 13.3. The van der Waals surface area contributed by atoms with Gasteiger partial charge >= 0.3 is 18.1 Å². The van der Waals surface area contributed by atoms with E-state index in [1.165, 1.54) is 59.4 Å². The van der Waals surface area contributed by atoms with Gasteiger partial charge in [-0.05, 0) is 24.6 Å². The Morgan fingerprint density at radius 2 is 1.13 bits per heavy atom. The zero-order chi connectivity index (χ0) is 39.0. The quantitative estimate of drug-likeness (QED) is 0.0377. The first-order chi connectivity index (χ1) is 24.5. The molecule has 0 bridgehead atoms. The Hall–Kier alpha value is -4.98. The Morgan fingerprint density at radius 3 is 1.46 bits per heavy atom. The number of halogens is 3. The van der Waals surface area contributed by atoms with Crippen molar-refractivity contribution < 1.29 is 51.8 Å². The number of nitrogen functional groups attached to an aromatic ring is 1. The number of rotatable bonds is 12. The molecule has 2 aromatic carbocycles. The van der Waals surface area contributed by atoms with Crippen molar-refractivity contribution in [2.75, 3.05) is 32.7 Å². The van der Waals surface area contributed by atoms with Crippen molar-refractivity contribution in [1.82, 2.24) is 10.6 Å². The van der Waals surface area contributed by atoms with Gasteiger partial charge in [-0.15, -0.1) is 46.2 Å². The average Bonchev–Trinajstić information content (AvgIpc) is 3.79. The summed E-state index contributed by atoms with van der Waals surface area (Å²) in [5.74, 6) is -4.35. The summed E-state index contributed by atoms with van der Waals surface area (Å²) in [5, 5.41) is 19.8. The maximum Gasteiger partial charge on any atom is 0.490 e. The van der Waals surface area contributed by atoms with Gasteiger partial charge in [0.05, 0.1) is 44.6 Å². The number of hydrogen-bond donors (Lipinski definition) is 5. The molecule has 0 spiro atoms. The molecule has 4 aromatic rings. The number of aliphatic carboxylic acids is 1. The van der Waals surface area contributed by atoms with Gasteiger partial charge in [0, 0.05) is 11.1 Å². The van der Waals surface area contributed by atoms with Gasteiger partial charge in [-0.3, -0.25) is 24.6 Å². The van der Waals surface area contributed by atoms with Gasteiger partial charge in [0.1, 0.15) is 10.7 Å². The molecule has 2 amide bonds.